The summed E-state index contributed by atoms with van der Waals surface area (Å²) < 4.78 is 16.5. The molecular weight excluding hydrogens is 330 g/mol. The number of nitrogens with one attached hydrogen (secondary N) is 1. The normalized spacial score (nSPS) is 12.6. The molecule has 0 spiro atoms. The first-order chi connectivity index (χ1) is 11.7. The summed E-state index contributed by atoms with van der Waals surface area (Å²) in [5.74, 6) is 1.52. The molecule has 2 aromatic rings. The zero-order valence-electron chi connectivity index (χ0n) is 13.3. The van der Waals surface area contributed by atoms with E-state index in [4.69, 9.17) is 25.8 Å². The summed E-state index contributed by atoms with van der Waals surface area (Å²) in [6.45, 7) is 3.68. The molecule has 0 aromatic heterocycles. The van der Waals surface area contributed by atoms with Gasteiger partial charge in [-0.1, -0.05) is 23.7 Å². The molecule has 0 bridgehead atoms. The number of halogens is 1. The molecule has 126 valence electrons. The first kappa shape index (κ1) is 16.5. The summed E-state index contributed by atoms with van der Waals surface area (Å²) in [5.41, 5.74) is 1.34. The summed E-state index contributed by atoms with van der Waals surface area (Å²) in [6, 6.07) is 10.7. The largest absolute Gasteiger partial charge is 0.493 e. The second-order valence-corrected chi connectivity index (χ2v) is 5.62. The van der Waals surface area contributed by atoms with Gasteiger partial charge in [-0.2, -0.15) is 0 Å². The maximum Gasteiger partial charge on any atom is 0.255 e. The molecule has 0 atom stereocenters. The smallest absolute Gasteiger partial charge is 0.255 e. The van der Waals surface area contributed by atoms with Crippen LogP contribution in [0.3, 0.4) is 0 Å². The SMILES string of the molecule is CCOc1ccccc1C(=O)NCc1cc(Cl)c2c(c1)OCCO2. The van der Waals surface area contributed by atoms with Crippen LogP contribution in [0.25, 0.3) is 0 Å². The highest BCUT2D eigenvalue weighted by molar-refractivity contribution is 6.32. The van der Waals surface area contributed by atoms with Gasteiger partial charge in [-0.15, -0.1) is 0 Å². The Balaban J connectivity index is 1.72. The number of carbonyl (C=O) groups is 1. The van der Waals surface area contributed by atoms with Crippen molar-refractivity contribution in [3.63, 3.8) is 0 Å². The monoisotopic (exact) mass is 347 g/mol. The van der Waals surface area contributed by atoms with Gasteiger partial charge in [-0.05, 0) is 36.8 Å². The summed E-state index contributed by atoms with van der Waals surface area (Å²) in [5, 5.41) is 3.35. The molecule has 1 N–H and O–H groups in total. The van der Waals surface area contributed by atoms with Gasteiger partial charge in [0, 0.05) is 6.54 Å². The molecule has 1 aliphatic rings. The van der Waals surface area contributed by atoms with Crippen molar-refractivity contribution in [1.29, 1.82) is 0 Å². The third-order valence-electron chi connectivity index (χ3n) is 3.54. The van der Waals surface area contributed by atoms with Crippen LogP contribution in [0.4, 0.5) is 0 Å². The lowest BCUT2D eigenvalue weighted by molar-refractivity contribution is 0.0947. The Morgan fingerprint density at radius 2 is 2.04 bits per heavy atom. The van der Waals surface area contributed by atoms with Crippen LogP contribution in [0.15, 0.2) is 36.4 Å². The molecule has 1 amide bonds. The zero-order valence-corrected chi connectivity index (χ0v) is 14.1. The number of ether oxygens (including phenoxy) is 3. The topological polar surface area (TPSA) is 56.8 Å². The Bertz CT molecular complexity index is 748. The number of para-hydroxylation sites is 1. The fraction of sp³-hybridized carbons (Fsp3) is 0.278. The molecule has 0 fully saturated rings. The van der Waals surface area contributed by atoms with Crippen LogP contribution >= 0.6 is 11.6 Å². The predicted octanol–water partition coefficient (Wildman–Crippen LogP) is 3.44. The van der Waals surface area contributed by atoms with Crippen molar-refractivity contribution >= 4 is 17.5 Å². The second-order valence-electron chi connectivity index (χ2n) is 5.21. The molecule has 1 heterocycles. The van der Waals surface area contributed by atoms with E-state index >= 15 is 0 Å². The highest BCUT2D eigenvalue weighted by Gasteiger charge is 2.17. The average Bonchev–Trinajstić information content (AvgIpc) is 2.60. The Morgan fingerprint density at radius 1 is 1.25 bits per heavy atom. The first-order valence-electron chi connectivity index (χ1n) is 7.77. The summed E-state index contributed by atoms with van der Waals surface area (Å²) in [7, 11) is 0. The van der Waals surface area contributed by atoms with Crippen molar-refractivity contribution in [3.05, 3.63) is 52.5 Å². The van der Waals surface area contributed by atoms with Gasteiger partial charge in [0.05, 0.1) is 17.2 Å². The fourth-order valence-electron chi connectivity index (χ4n) is 2.48. The third-order valence-corrected chi connectivity index (χ3v) is 3.82. The number of rotatable bonds is 5. The average molecular weight is 348 g/mol. The van der Waals surface area contributed by atoms with Gasteiger partial charge in [-0.25, -0.2) is 0 Å². The second kappa shape index (κ2) is 7.45. The maximum atomic E-state index is 12.4. The highest BCUT2D eigenvalue weighted by Crippen LogP contribution is 2.38. The van der Waals surface area contributed by atoms with Crippen LogP contribution in [0.2, 0.25) is 5.02 Å². The Labute approximate surface area is 145 Å². The van der Waals surface area contributed by atoms with Crippen molar-refractivity contribution in [2.75, 3.05) is 19.8 Å². The predicted molar refractivity (Wildman–Crippen MR) is 91.2 cm³/mol. The van der Waals surface area contributed by atoms with E-state index in [9.17, 15) is 4.79 Å². The minimum absolute atomic E-state index is 0.204. The minimum atomic E-state index is -0.204. The first-order valence-corrected chi connectivity index (χ1v) is 8.15. The van der Waals surface area contributed by atoms with Crippen molar-refractivity contribution in [2.24, 2.45) is 0 Å². The lowest BCUT2D eigenvalue weighted by Gasteiger charge is -2.20. The van der Waals surface area contributed by atoms with E-state index in [-0.39, 0.29) is 5.91 Å². The van der Waals surface area contributed by atoms with Gasteiger partial charge in [0.15, 0.2) is 11.5 Å². The number of hydrogen-bond acceptors (Lipinski definition) is 4. The molecular formula is C18H18ClNO4. The van der Waals surface area contributed by atoms with E-state index in [0.717, 1.165) is 5.56 Å². The van der Waals surface area contributed by atoms with Crippen LogP contribution in [0.1, 0.15) is 22.8 Å². The van der Waals surface area contributed by atoms with Crippen molar-refractivity contribution in [2.45, 2.75) is 13.5 Å². The molecule has 0 unspecified atom stereocenters. The van der Waals surface area contributed by atoms with E-state index in [1.165, 1.54) is 0 Å². The maximum absolute atomic E-state index is 12.4. The molecule has 1 aliphatic heterocycles. The molecule has 0 radical (unpaired) electrons. The number of amides is 1. The van der Waals surface area contributed by atoms with Crippen molar-refractivity contribution < 1.29 is 19.0 Å². The summed E-state index contributed by atoms with van der Waals surface area (Å²) in [6.07, 6.45) is 0. The van der Waals surface area contributed by atoms with Crippen LogP contribution in [-0.2, 0) is 6.54 Å². The summed E-state index contributed by atoms with van der Waals surface area (Å²) >= 11 is 6.21. The molecule has 24 heavy (non-hydrogen) atoms. The molecule has 3 rings (SSSR count). The highest BCUT2D eigenvalue weighted by atomic mass is 35.5. The number of hydrogen-bond donors (Lipinski definition) is 1. The number of carbonyl (C=O) groups excluding carboxylic acids is 1. The standard InChI is InChI=1S/C18H18ClNO4/c1-2-22-15-6-4-3-5-13(15)18(21)20-11-12-9-14(19)17-16(10-12)23-7-8-24-17/h3-6,9-10H,2,7-8,11H2,1H3,(H,20,21). The number of benzene rings is 2. The minimum Gasteiger partial charge on any atom is -0.493 e. The molecule has 0 saturated carbocycles. The van der Waals surface area contributed by atoms with E-state index < -0.39 is 0 Å². The van der Waals surface area contributed by atoms with Gasteiger partial charge in [0.2, 0.25) is 0 Å². The van der Waals surface area contributed by atoms with E-state index in [0.29, 0.717) is 54.2 Å². The zero-order chi connectivity index (χ0) is 16.9. The Morgan fingerprint density at radius 3 is 2.88 bits per heavy atom. The van der Waals surface area contributed by atoms with Gasteiger partial charge >= 0.3 is 0 Å². The lowest BCUT2D eigenvalue weighted by atomic mass is 10.1. The molecule has 5 nitrogen and oxygen atoms in total. The van der Waals surface area contributed by atoms with Gasteiger partial charge in [0.25, 0.3) is 5.91 Å². The molecule has 6 heteroatoms. The Hall–Kier alpha value is -2.40. The summed E-state index contributed by atoms with van der Waals surface area (Å²) in [4.78, 5) is 12.4. The quantitative estimate of drug-likeness (QED) is 0.900. The van der Waals surface area contributed by atoms with E-state index in [1.807, 2.05) is 19.1 Å². The van der Waals surface area contributed by atoms with Crippen molar-refractivity contribution in [3.8, 4) is 17.2 Å². The van der Waals surface area contributed by atoms with Crippen LogP contribution < -0.4 is 19.5 Å². The van der Waals surface area contributed by atoms with Gasteiger partial charge < -0.3 is 19.5 Å². The van der Waals surface area contributed by atoms with Crippen LogP contribution in [0.5, 0.6) is 17.2 Å². The molecule has 0 saturated heterocycles. The Kier molecular flexibility index (Phi) is 5.11. The lowest BCUT2D eigenvalue weighted by Crippen LogP contribution is -2.24. The molecule has 2 aromatic carbocycles. The van der Waals surface area contributed by atoms with Gasteiger partial charge in [-0.3, -0.25) is 4.79 Å². The van der Waals surface area contributed by atoms with Gasteiger partial charge in [0.1, 0.15) is 19.0 Å². The molecule has 0 aliphatic carbocycles. The fourth-order valence-corrected chi connectivity index (χ4v) is 2.77. The third kappa shape index (κ3) is 3.57. The van der Waals surface area contributed by atoms with Crippen LogP contribution in [0, 0.1) is 0 Å². The van der Waals surface area contributed by atoms with E-state index in [1.54, 1.807) is 24.3 Å². The van der Waals surface area contributed by atoms with Crippen molar-refractivity contribution in [1.82, 2.24) is 5.32 Å². The number of fused-ring (bicyclic) bond motifs is 1. The van der Waals surface area contributed by atoms with E-state index in [2.05, 4.69) is 5.32 Å². The van der Waals surface area contributed by atoms with Crippen LogP contribution in [-0.4, -0.2) is 25.7 Å².